The molecule has 0 saturated carbocycles. The molecule has 2 aliphatic heterocycles. The summed E-state index contributed by atoms with van der Waals surface area (Å²) in [5.41, 5.74) is 4.44. The number of anilines is 1. The summed E-state index contributed by atoms with van der Waals surface area (Å²) in [6.07, 6.45) is 4.34. The van der Waals surface area contributed by atoms with E-state index in [-0.39, 0.29) is 17.5 Å². The maximum absolute atomic E-state index is 14.0. The monoisotopic (exact) mass is 546 g/mol. The number of pyridine rings is 1. The number of halogens is 2. The van der Waals surface area contributed by atoms with Gasteiger partial charge in [-0.25, -0.2) is 13.8 Å². The van der Waals surface area contributed by atoms with Gasteiger partial charge in [-0.05, 0) is 87.2 Å². The highest BCUT2D eigenvalue weighted by molar-refractivity contribution is 6.02. The van der Waals surface area contributed by atoms with E-state index in [0.29, 0.717) is 58.8 Å². The summed E-state index contributed by atoms with van der Waals surface area (Å²) in [4.78, 5) is 41.0. The molecule has 0 bridgehead atoms. The highest BCUT2D eigenvalue weighted by Crippen LogP contribution is 2.30. The number of hydrogen-bond donors (Lipinski definition) is 3. The number of carbonyl (C=O) groups excluding carboxylic acids is 1. The minimum Gasteiger partial charge on any atom is -0.381 e. The Labute approximate surface area is 230 Å². The van der Waals surface area contributed by atoms with Gasteiger partial charge in [0.2, 0.25) is 0 Å². The van der Waals surface area contributed by atoms with Crippen molar-refractivity contribution in [2.24, 2.45) is 0 Å². The summed E-state index contributed by atoms with van der Waals surface area (Å²) in [6, 6.07) is 7.46. The number of rotatable bonds is 8. The molecule has 4 heterocycles. The molecule has 1 atom stereocenters. The van der Waals surface area contributed by atoms with Crippen LogP contribution in [0.5, 0.6) is 0 Å². The standard InChI is InChI=1S/C30H32F2N6O2/c1-17(11-19-12-21(31)14-23(32)18(19)2)34-24-5-6-33-29(39)27(24)28-35-25-13-20-16-38(10-9-37-7-3-4-8-37)30(40)22(20)15-26(25)36-28/h5-6,12-15,17H,3-4,7-11,16H2,1-2H3,(H,35,36)(H2,33,34,39). The SMILES string of the molecule is Cc1c(F)cc(F)cc1CC(C)Nc1cc[nH]c(=O)c1-c1nc2cc3c(cc2[nH]1)CN(CCN1CCCC1)C3=O. The van der Waals surface area contributed by atoms with Crippen LogP contribution in [0, 0.1) is 18.6 Å². The molecule has 3 N–H and O–H groups in total. The van der Waals surface area contributed by atoms with Gasteiger partial charge in [-0.3, -0.25) is 9.59 Å². The average molecular weight is 547 g/mol. The number of likely N-dealkylation sites (tertiary alicyclic amines) is 1. The molecule has 6 rings (SSSR count). The molecule has 1 unspecified atom stereocenters. The van der Waals surface area contributed by atoms with Crippen LogP contribution in [-0.2, 0) is 13.0 Å². The third-order valence-electron chi connectivity index (χ3n) is 8.01. The summed E-state index contributed by atoms with van der Waals surface area (Å²) >= 11 is 0. The third kappa shape index (κ3) is 4.99. The fraction of sp³-hybridized carbons (Fsp3) is 0.367. The summed E-state index contributed by atoms with van der Waals surface area (Å²) in [5.74, 6) is -0.814. The van der Waals surface area contributed by atoms with E-state index in [9.17, 15) is 18.4 Å². The van der Waals surface area contributed by atoms with Gasteiger partial charge < -0.3 is 25.1 Å². The molecule has 1 fully saturated rings. The Hall–Kier alpha value is -4.05. The van der Waals surface area contributed by atoms with E-state index in [2.05, 4.69) is 25.2 Å². The van der Waals surface area contributed by atoms with Crippen LogP contribution in [0.25, 0.3) is 22.4 Å². The van der Waals surface area contributed by atoms with Crippen LogP contribution in [0.15, 0.2) is 41.3 Å². The van der Waals surface area contributed by atoms with Gasteiger partial charge in [-0.15, -0.1) is 0 Å². The van der Waals surface area contributed by atoms with Gasteiger partial charge in [-0.1, -0.05) is 0 Å². The maximum atomic E-state index is 14.0. The molecule has 4 aromatic rings. The third-order valence-corrected chi connectivity index (χ3v) is 8.01. The van der Waals surface area contributed by atoms with Crippen molar-refractivity contribution in [2.45, 2.75) is 45.7 Å². The van der Waals surface area contributed by atoms with Crippen LogP contribution >= 0.6 is 0 Å². The zero-order valence-electron chi connectivity index (χ0n) is 22.6. The Morgan fingerprint density at radius 1 is 1.10 bits per heavy atom. The number of carbonyl (C=O) groups is 1. The van der Waals surface area contributed by atoms with E-state index in [1.54, 1.807) is 25.3 Å². The molecule has 208 valence electrons. The van der Waals surface area contributed by atoms with Gasteiger partial charge in [0.15, 0.2) is 0 Å². The van der Waals surface area contributed by atoms with E-state index < -0.39 is 11.6 Å². The fourth-order valence-electron chi connectivity index (χ4n) is 5.84. The number of nitrogens with zero attached hydrogens (tertiary/aromatic N) is 3. The van der Waals surface area contributed by atoms with Crippen molar-refractivity contribution in [2.75, 3.05) is 31.5 Å². The zero-order valence-corrected chi connectivity index (χ0v) is 22.6. The Bertz CT molecular complexity index is 1660. The molecule has 0 radical (unpaired) electrons. The zero-order chi connectivity index (χ0) is 28.0. The molecule has 2 aliphatic rings. The average Bonchev–Trinajstić information content (AvgIpc) is 3.64. The second-order valence-corrected chi connectivity index (χ2v) is 10.9. The van der Waals surface area contributed by atoms with E-state index >= 15 is 0 Å². The minimum atomic E-state index is -0.621. The van der Waals surface area contributed by atoms with Gasteiger partial charge >= 0.3 is 0 Å². The van der Waals surface area contributed by atoms with E-state index in [4.69, 9.17) is 0 Å². The molecular formula is C30H32F2N6O2. The van der Waals surface area contributed by atoms with Crippen LogP contribution in [0.3, 0.4) is 0 Å². The van der Waals surface area contributed by atoms with Gasteiger partial charge in [0.05, 0.1) is 16.7 Å². The van der Waals surface area contributed by atoms with Crippen molar-refractivity contribution in [3.8, 4) is 11.4 Å². The van der Waals surface area contributed by atoms with Crippen LogP contribution < -0.4 is 10.9 Å². The fourth-order valence-corrected chi connectivity index (χ4v) is 5.84. The molecule has 0 spiro atoms. The second kappa shape index (κ2) is 10.5. The Kier molecular flexibility index (Phi) is 6.87. The molecule has 1 saturated heterocycles. The second-order valence-electron chi connectivity index (χ2n) is 10.9. The van der Waals surface area contributed by atoms with Gasteiger partial charge in [0, 0.05) is 43.5 Å². The quantitative estimate of drug-likeness (QED) is 0.300. The normalized spacial score (nSPS) is 16.2. The van der Waals surface area contributed by atoms with Crippen LogP contribution in [-0.4, -0.2) is 62.9 Å². The van der Waals surface area contributed by atoms with E-state index in [1.807, 2.05) is 17.9 Å². The van der Waals surface area contributed by atoms with Gasteiger partial charge in [-0.2, -0.15) is 0 Å². The number of fused-ring (bicyclic) bond motifs is 2. The van der Waals surface area contributed by atoms with Crippen LogP contribution in [0.1, 0.15) is 46.8 Å². The van der Waals surface area contributed by atoms with Crippen molar-refractivity contribution in [3.63, 3.8) is 0 Å². The molecule has 2 aromatic carbocycles. The van der Waals surface area contributed by atoms with E-state index in [1.165, 1.54) is 18.9 Å². The first-order chi connectivity index (χ1) is 19.3. The summed E-state index contributed by atoms with van der Waals surface area (Å²) in [6.45, 7) is 7.86. The van der Waals surface area contributed by atoms with Crippen molar-refractivity contribution < 1.29 is 13.6 Å². The number of aromatic nitrogens is 3. The number of H-pyrrole nitrogens is 2. The topological polar surface area (TPSA) is 97.1 Å². The number of nitrogens with one attached hydrogen (secondary N) is 3. The number of hydrogen-bond acceptors (Lipinski definition) is 5. The predicted molar refractivity (Wildman–Crippen MR) is 150 cm³/mol. The number of imidazole rings is 1. The molecule has 10 heteroatoms. The van der Waals surface area contributed by atoms with Crippen molar-refractivity contribution in [1.82, 2.24) is 24.8 Å². The lowest BCUT2D eigenvalue weighted by molar-refractivity contribution is 0.0763. The van der Waals surface area contributed by atoms with Gasteiger partial charge in [0.25, 0.3) is 11.5 Å². The first-order valence-electron chi connectivity index (χ1n) is 13.7. The van der Waals surface area contributed by atoms with Gasteiger partial charge in [0.1, 0.15) is 23.0 Å². The number of aromatic amines is 2. The molecule has 2 aromatic heterocycles. The first kappa shape index (κ1) is 26.2. The number of benzene rings is 2. The lowest BCUT2D eigenvalue weighted by Crippen LogP contribution is -2.33. The van der Waals surface area contributed by atoms with Crippen molar-refractivity contribution >= 4 is 22.6 Å². The molecule has 1 amide bonds. The maximum Gasteiger partial charge on any atom is 0.261 e. The summed E-state index contributed by atoms with van der Waals surface area (Å²) in [5, 5.41) is 3.31. The highest BCUT2D eigenvalue weighted by atomic mass is 19.1. The minimum absolute atomic E-state index is 0.0125. The molecular weight excluding hydrogens is 514 g/mol. The largest absolute Gasteiger partial charge is 0.381 e. The number of amides is 1. The summed E-state index contributed by atoms with van der Waals surface area (Å²) < 4.78 is 27.9. The first-order valence-corrected chi connectivity index (χ1v) is 13.7. The predicted octanol–water partition coefficient (Wildman–Crippen LogP) is 4.60. The molecule has 0 aliphatic carbocycles. The molecule has 40 heavy (non-hydrogen) atoms. The Morgan fingerprint density at radius 3 is 2.70 bits per heavy atom. The Morgan fingerprint density at radius 2 is 1.90 bits per heavy atom. The van der Waals surface area contributed by atoms with Crippen LogP contribution in [0.2, 0.25) is 0 Å². The Balaban J connectivity index is 1.24. The van der Waals surface area contributed by atoms with Crippen molar-refractivity contribution in [1.29, 1.82) is 0 Å². The summed E-state index contributed by atoms with van der Waals surface area (Å²) in [7, 11) is 0. The smallest absolute Gasteiger partial charge is 0.261 e. The van der Waals surface area contributed by atoms with Crippen LogP contribution in [0.4, 0.5) is 14.5 Å². The molecule has 8 nitrogen and oxygen atoms in total. The van der Waals surface area contributed by atoms with Crippen molar-refractivity contribution in [3.05, 3.63) is 80.8 Å². The lowest BCUT2D eigenvalue weighted by atomic mass is 10.0. The highest BCUT2D eigenvalue weighted by Gasteiger charge is 2.29. The van der Waals surface area contributed by atoms with E-state index in [0.717, 1.165) is 36.8 Å². The lowest BCUT2D eigenvalue weighted by Gasteiger charge is -2.20.